The lowest BCUT2D eigenvalue weighted by molar-refractivity contribution is 1.45. The van der Waals surface area contributed by atoms with Crippen LogP contribution in [-0.2, 0) is 0 Å². The topological polar surface area (TPSA) is 24.7 Å². The zero-order chi connectivity index (χ0) is 7.28. The Balaban J connectivity index is 4.05. The summed E-state index contributed by atoms with van der Waals surface area (Å²) < 4.78 is 0. The normalized spacial score (nSPS) is 10.8. The van der Waals surface area contributed by atoms with Crippen LogP contribution in [0.5, 0.6) is 0 Å². The van der Waals surface area contributed by atoms with E-state index in [0.717, 1.165) is 11.5 Å². The number of hydrogen-bond donors (Lipinski definition) is 0. The Bertz CT molecular complexity index is 150. The number of aliphatic imine (C=N–C) groups is 2. The zero-order valence-corrected chi connectivity index (χ0v) is 6.18. The second kappa shape index (κ2) is 4.01. The predicted molar refractivity (Wildman–Crippen MR) is 42.1 cm³/mol. The van der Waals surface area contributed by atoms with Gasteiger partial charge in [-0.25, -0.2) is 9.98 Å². The first-order valence-corrected chi connectivity index (χ1v) is 2.84. The molecule has 0 aromatic carbocycles. The highest BCUT2D eigenvalue weighted by molar-refractivity contribution is 5.94. The first-order valence-electron chi connectivity index (χ1n) is 2.84. The third-order valence-corrected chi connectivity index (χ3v) is 0.664. The smallest absolute Gasteiger partial charge is 0.125 e. The van der Waals surface area contributed by atoms with Crippen LogP contribution < -0.4 is 0 Å². The second-order valence-electron chi connectivity index (χ2n) is 1.92. The fourth-order valence-corrected chi connectivity index (χ4v) is 0.485. The minimum absolute atomic E-state index is 0.755. The highest BCUT2D eigenvalue weighted by Crippen LogP contribution is 1.82. The quantitative estimate of drug-likeness (QED) is 0.377. The molecule has 0 radical (unpaired) electrons. The molecule has 0 bridgehead atoms. The summed E-state index contributed by atoms with van der Waals surface area (Å²) in [5, 5.41) is 0. The number of rotatable bonds is 1. The largest absolute Gasteiger partial charge is 0.243 e. The summed E-state index contributed by atoms with van der Waals surface area (Å²) in [5.74, 6) is 0.755. The molecule has 9 heavy (non-hydrogen) atoms. The lowest BCUT2D eigenvalue weighted by atomic mass is 10.5. The fourth-order valence-electron chi connectivity index (χ4n) is 0.485. The van der Waals surface area contributed by atoms with E-state index in [-0.39, 0.29) is 0 Å². The van der Waals surface area contributed by atoms with Crippen molar-refractivity contribution in [1.82, 2.24) is 0 Å². The Morgan fingerprint density at radius 3 is 2.22 bits per heavy atom. The monoisotopic (exact) mass is 124 g/mol. The Hall–Kier alpha value is -0.920. The molecule has 0 aromatic rings. The third kappa shape index (κ3) is 4.94. The van der Waals surface area contributed by atoms with Crippen molar-refractivity contribution in [3.05, 3.63) is 12.8 Å². The highest BCUT2D eigenvalue weighted by atomic mass is 14.9. The Morgan fingerprint density at radius 2 is 1.89 bits per heavy atom. The van der Waals surface area contributed by atoms with Gasteiger partial charge in [0.05, 0.1) is 0 Å². The van der Waals surface area contributed by atoms with Crippen molar-refractivity contribution in [3.8, 4) is 0 Å². The van der Waals surface area contributed by atoms with Crippen molar-refractivity contribution in [2.75, 3.05) is 0 Å². The third-order valence-electron chi connectivity index (χ3n) is 0.664. The van der Waals surface area contributed by atoms with Gasteiger partial charge in [0.25, 0.3) is 0 Å². The van der Waals surface area contributed by atoms with Crippen molar-refractivity contribution in [2.45, 2.75) is 20.8 Å². The van der Waals surface area contributed by atoms with Crippen LogP contribution in [0.15, 0.2) is 22.8 Å². The maximum absolute atomic E-state index is 4.06. The fraction of sp³-hybridized carbons (Fsp3) is 0.429. The van der Waals surface area contributed by atoms with Gasteiger partial charge in [-0.05, 0) is 20.8 Å². The van der Waals surface area contributed by atoms with Crippen LogP contribution in [-0.4, -0.2) is 11.5 Å². The van der Waals surface area contributed by atoms with Crippen molar-refractivity contribution in [1.29, 1.82) is 0 Å². The van der Waals surface area contributed by atoms with Crippen LogP contribution >= 0.6 is 0 Å². The van der Waals surface area contributed by atoms with E-state index in [1.165, 1.54) is 6.20 Å². The molecule has 2 nitrogen and oxygen atoms in total. The molecule has 0 saturated heterocycles. The Morgan fingerprint density at radius 1 is 1.33 bits per heavy atom. The van der Waals surface area contributed by atoms with Gasteiger partial charge in [0, 0.05) is 11.9 Å². The molecule has 2 heteroatoms. The minimum Gasteiger partial charge on any atom is -0.243 e. The molecule has 0 heterocycles. The van der Waals surface area contributed by atoms with Gasteiger partial charge < -0.3 is 0 Å². The van der Waals surface area contributed by atoms with Gasteiger partial charge in [0.15, 0.2) is 0 Å². The molecule has 50 valence electrons. The van der Waals surface area contributed by atoms with E-state index < -0.39 is 0 Å². The maximum atomic E-state index is 4.06. The lowest BCUT2D eigenvalue weighted by Gasteiger charge is -1.88. The molecule has 0 unspecified atom stereocenters. The molecule has 0 aliphatic heterocycles. The van der Waals surface area contributed by atoms with Crippen LogP contribution in [0.4, 0.5) is 0 Å². The summed E-state index contributed by atoms with van der Waals surface area (Å²) in [4.78, 5) is 7.92. The van der Waals surface area contributed by atoms with Crippen LogP contribution in [0.3, 0.4) is 0 Å². The average molecular weight is 124 g/mol. The number of hydrogen-bond acceptors (Lipinski definition) is 1. The number of nitrogens with zero attached hydrogens (tertiary/aromatic N) is 2. The van der Waals surface area contributed by atoms with Crippen LogP contribution in [0.1, 0.15) is 20.8 Å². The van der Waals surface area contributed by atoms with Crippen LogP contribution in [0.25, 0.3) is 0 Å². The molecule has 0 atom stereocenters. The molecular weight excluding hydrogens is 112 g/mol. The molecular formula is C7H12N2. The van der Waals surface area contributed by atoms with Crippen LogP contribution in [0, 0.1) is 0 Å². The molecule has 0 aromatic heterocycles. The highest BCUT2D eigenvalue weighted by Gasteiger charge is 1.80. The van der Waals surface area contributed by atoms with E-state index in [1.807, 2.05) is 20.8 Å². The summed E-state index contributed by atoms with van der Waals surface area (Å²) in [6.45, 7) is 9.16. The van der Waals surface area contributed by atoms with Crippen molar-refractivity contribution >= 4 is 11.5 Å². The summed E-state index contributed by atoms with van der Waals surface area (Å²) in [6, 6.07) is 0. The zero-order valence-electron chi connectivity index (χ0n) is 6.18. The van der Waals surface area contributed by atoms with E-state index in [4.69, 9.17) is 0 Å². The summed E-state index contributed by atoms with van der Waals surface area (Å²) in [5.41, 5.74) is 1.01. The van der Waals surface area contributed by atoms with E-state index in [2.05, 4.69) is 16.6 Å². The summed E-state index contributed by atoms with van der Waals surface area (Å²) >= 11 is 0. The first kappa shape index (κ1) is 8.08. The van der Waals surface area contributed by atoms with E-state index >= 15 is 0 Å². The van der Waals surface area contributed by atoms with Crippen molar-refractivity contribution in [2.24, 2.45) is 9.98 Å². The van der Waals surface area contributed by atoms with Crippen molar-refractivity contribution < 1.29 is 0 Å². The maximum Gasteiger partial charge on any atom is 0.125 e. The minimum atomic E-state index is 0.755. The summed E-state index contributed by atoms with van der Waals surface area (Å²) in [6.07, 6.45) is 1.49. The molecule has 0 fully saturated rings. The van der Waals surface area contributed by atoms with E-state index in [0.29, 0.717) is 0 Å². The molecule has 0 aliphatic rings. The molecule has 0 amide bonds. The Kier molecular flexibility index (Phi) is 3.60. The number of amidine groups is 1. The van der Waals surface area contributed by atoms with Gasteiger partial charge in [0.1, 0.15) is 5.84 Å². The van der Waals surface area contributed by atoms with Crippen LogP contribution in [0.2, 0.25) is 0 Å². The summed E-state index contributed by atoms with van der Waals surface area (Å²) in [7, 11) is 0. The molecule has 0 N–H and O–H groups in total. The molecule has 0 rings (SSSR count). The second-order valence-corrected chi connectivity index (χ2v) is 1.92. The van der Waals surface area contributed by atoms with Gasteiger partial charge in [-0.15, -0.1) is 0 Å². The Labute approximate surface area is 56.0 Å². The van der Waals surface area contributed by atoms with Gasteiger partial charge in [-0.3, -0.25) is 0 Å². The SMILES string of the molecule is C=CN=C(C)N=C(C)C. The standard InChI is InChI=1S/C7H12N2/c1-5-8-7(4)9-6(2)3/h5H,1H2,2-4H3. The first-order chi connectivity index (χ1) is 4.16. The van der Waals surface area contributed by atoms with Crippen molar-refractivity contribution in [3.63, 3.8) is 0 Å². The molecule has 0 spiro atoms. The molecule has 0 aliphatic carbocycles. The predicted octanol–water partition coefficient (Wildman–Crippen LogP) is 2.03. The van der Waals surface area contributed by atoms with Gasteiger partial charge in [-0.2, -0.15) is 0 Å². The van der Waals surface area contributed by atoms with E-state index in [1.54, 1.807) is 0 Å². The average Bonchev–Trinajstić information content (AvgIpc) is 1.63. The van der Waals surface area contributed by atoms with Gasteiger partial charge >= 0.3 is 0 Å². The van der Waals surface area contributed by atoms with Gasteiger partial charge in [0.2, 0.25) is 0 Å². The van der Waals surface area contributed by atoms with Gasteiger partial charge in [-0.1, -0.05) is 6.58 Å². The molecule has 0 saturated carbocycles. The van der Waals surface area contributed by atoms with E-state index in [9.17, 15) is 0 Å². The lowest BCUT2D eigenvalue weighted by Crippen LogP contribution is -1.89.